The topological polar surface area (TPSA) is 65.6 Å². The van der Waals surface area contributed by atoms with E-state index in [9.17, 15) is 0 Å². The molecule has 0 heterocycles. The fourth-order valence-corrected chi connectivity index (χ4v) is 0. The Labute approximate surface area is 43.4 Å². The Morgan fingerprint density at radius 2 is 1.20 bits per heavy atom. The minimum atomic E-state index is -0.750. The van der Waals surface area contributed by atoms with Gasteiger partial charge < -0.3 is 25.5 Å². The summed E-state index contributed by atoms with van der Waals surface area (Å²) in [6.45, 7) is 0. The molecule has 0 aliphatic heterocycles. The van der Waals surface area contributed by atoms with E-state index in [1.807, 2.05) is 0 Å². The minimum Gasteiger partial charge on any atom is -0.715 e. The zero-order valence-corrected chi connectivity index (χ0v) is 4.27. The molecule has 0 aromatic carbocycles. The van der Waals surface area contributed by atoms with Crippen molar-refractivity contribution in [3.05, 3.63) is 0 Å². The molecule has 0 rings (SSSR count). The van der Waals surface area contributed by atoms with Gasteiger partial charge in [0.15, 0.2) is 0 Å². The summed E-state index contributed by atoms with van der Waals surface area (Å²) in [5.74, 6) is 0. The molecule has 0 atom stereocenters. The van der Waals surface area contributed by atoms with Crippen molar-refractivity contribution >= 4 is 28.9 Å². The summed E-state index contributed by atoms with van der Waals surface area (Å²) >= 11 is -0.750. The predicted molar refractivity (Wildman–Crippen MR) is 18.1 cm³/mol. The van der Waals surface area contributed by atoms with E-state index in [2.05, 4.69) is 0 Å². The first kappa shape index (κ1) is 18.0. The van der Waals surface area contributed by atoms with Gasteiger partial charge in [-0.1, -0.05) is 0 Å². The van der Waals surface area contributed by atoms with Crippen LogP contribution in [0.5, 0.6) is 0 Å². The van der Waals surface area contributed by atoms with Crippen molar-refractivity contribution in [2.45, 2.75) is 0 Å². The first-order valence-corrected chi connectivity index (χ1v) is 1.00. The molecule has 0 radical (unpaired) electrons. The van der Waals surface area contributed by atoms with Crippen LogP contribution in [0.25, 0.3) is 0 Å². The smallest absolute Gasteiger partial charge is 0.715 e. The van der Waals surface area contributed by atoms with Crippen LogP contribution in [-0.2, 0) is 20.0 Å². The summed E-state index contributed by atoms with van der Waals surface area (Å²) in [4.78, 5) is 0. The van der Waals surface area contributed by atoms with Crippen LogP contribution in [0.4, 0.5) is 0 Å². The molecule has 0 aromatic heterocycles. The second-order valence-corrected chi connectivity index (χ2v) is 0.204. The van der Waals surface area contributed by atoms with Gasteiger partial charge in [0, 0.05) is 0 Å². The van der Waals surface area contributed by atoms with Crippen LogP contribution in [0.15, 0.2) is 0 Å². The van der Waals surface area contributed by atoms with E-state index in [0.29, 0.717) is 0 Å². The van der Waals surface area contributed by atoms with E-state index in [0.717, 1.165) is 0 Å². The van der Waals surface area contributed by atoms with Crippen molar-refractivity contribution in [2.24, 2.45) is 0 Å². The quantitative estimate of drug-likeness (QED) is 0.357. The maximum Gasteiger partial charge on any atom is 3.00 e. The Bertz CT molecular complexity index is 27.9. The average molecular weight is 109 g/mol. The van der Waals surface area contributed by atoms with Gasteiger partial charge in [-0.15, -0.1) is 0 Å². The van der Waals surface area contributed by atoms with Gasteiger partial charge in [0.05, 0.1) is 0 Å². The summed E-state index contributed by atoms with van der Waals surface area (Å²) in [7, 11) is 0. The van der Waals surface area contributed by atoms with Gasteiger partial charge in [-0.05, 0) is 0 Å². The van der Waals surface area contributed by atoms with Gasteiger partial charge in [0.2, 0.25) is 0 Å². The van der Waals surface area contributed by atoms with Gasteiger partial charge in [0.25, 0.3) is 0 Å². The van der Waals surface area contributed by atoms with Crippen molar-refractivity contribution in [3.8, 4) is 0 Å². The molecule has 5 heavy (non-hydrogen) atoms. The Kier molecular flexibility index (Phi) is 91.1. The standard InChI is InChI=1S/Al.O2S.H2O/c;1-3-2;/h;;1H2/q+3;-2;. The Morgan fingerprint density at radius 3 is 1.20 bits per heavy atom. The maximum atomic E-state index is 8.29. The van der Waals surface area contributed by atoms with Crippen LogP contribution in [-0.4, -0.2) is 22.8 Å². The van der Waals surface area contributed by atoms with Gasteiger partial charge in [0.1, 0.15) is 0 Å². The Balaban J connectivity index is -0.0000000200. The van der Waals surface area contributed by atoms with Crippen molar-refractivity contribution in [1.29, 1.82) is 0 Å². The molecule has 0 unspecified atom stereocenters. The molecule has 2 N–H and O–H groups in total. The van der Waals surface area contributed by atoms with E-state index >= 15 is 0 Å². The van der Waals surface area contributed by atoms with Crippen LogP contribution in [0.1, 0.15) is 0 Å². The van der Waals surface area contributed by atoms with Crippen LogP contribution in [0, 0.1) is 0 Å². The van der Waals surface area contributed by atoms with Crippen molar-refractivity contribution in [2.75, 3.05) is 0 Å². The molecule has 0 aliphatic carbocycles. The maximum absolute atomic E-state index is 8.29. The molecule has 0 aliphatic rings. The molecule has 0 saturated heterocycles. The zero-order chi connectivity index (χ0) is 2.71. The summed E-state index contributed by atoms with van der Waals surface area (Å²) in [5, 5.41) is 0. The van der Waals surface area contributed by atoms with Crippen LogP contribution in [0.3, 0.4) is 0 Å². The number of hydrogen-bond donors (Lipinski definition) is 0. The van der Waals surface area contributed by atoms with Crippen LogP contribution >= 0.6 is 0 Å². The van der Waals surface area contributed by atoms with Gasteiger partial charge in [-0.3, -0.25) is 0 Å². The van der Waals surface area contributed by atoms with E-state index < -0.39 is 11.6 Å². The molecular formula is H2AlO3S+. The fourth-order valence-electron chi connectivity index (χ4n) is 0. The second kappa shape index (κ2) is 25.3. The largest absolute Gasteiger partial charge is 3.00 e. The third kappa shape index (κ3) is 135. The third-order valence-corrected chi connectivity index (χ3v) is 0. The first-order chi connectivity index (χ1) is 1.41. The fraction of sp³-hybridized carbons (Fsp3) is 0. The molecule has 0 bridgehead atoms. The van der Waals surface area contributed by atoms with Gasteiger partial charge >= 0.3 is 17.4 Å². The normalized spacial score (nSPS) is 3.20. The predicted octanol–water partition coefficient (Wildman–Crippen LogP) is -1.45. The Hall–Kier alpha value is 0.442. The van der Waals surface area contributed by atoms with Crippen molar-refractivity contribution < 1.29 is 13.9 Å². The van der Waals surface area contributed by atoms with Crippen molar-refractivity contribution in [1.82, 2.24) is 0 Å². The second-order valence-electron chi connectivity index (χ2n) is 0.0680. The summed E-state index contributed by atoms with van der Waals surface area (Å²) in [6.07, 6.45) is 0. The molecular weight excluding hydrogens is 107 g/mol. The minimum absolute atomic E-state index is 0. The number of hydrogen-bond acceptors (Lipinski definition) is 2. The van der Waals surface area contributed by atoms with E-state index in [1.54, 1.807) is 0 Å². The summed E-state index contributed by atoms with van der Waals surface area (Å²) in [5.41, 5.74) is 0. The van der Waals surface area contributed by atoms with E-state index in [1.165, 1.54) is 0 Å². The summed E-state index contributed by atoms with van der Waals surface area (Å²) in [6, 6.07) is 0. The molecule has 5 heteroatoms. The number of rotatable bonds is 0. The van der Waals surface area contributed by atoms with Gasteiger partial charge in [-0.2, -0.15) is 0 Å². The van der Waals surface area contributed by atoms with E-state index in [-0.39, 0.29) is 22.8 Å². The molecule has 0 fully saturated rings. The molecule has 0 spiro atoms. The molecule has 0 saturated carbocycles. The molecule has 28 valence electrons. The average Bonchev–Trinajstić information content (AvgIpc) is 0.918. The SMILES string of the molecule is O.O=[S-2]=O.[Al+3]. The van der Waals surface area contributed by atoms with Gasteiger partial charge in [-0.25, -0.2) is 0 Å². The zero-order valence-electron chi connectivity index (χ0n) is 2.30. The first-order valence-electron chi connectivity index (χ1n) is 0.333. The van der Waals surface area contributed by atoms with Crippen LogP contribution in [0.2, 0.25) is 0 Å². The molecule has 0 aromatic rings. The molecule has 0 amide bonds. The molecule has 3 nitrogen and oxygen atoms in total. The summed E-state index contributed by atoms with van der Waals surface area (Å²) < 4.78 is 16.6. The van der Waals surface area contributed by atoms with E-state index in [4.69, 9.17) is 8.42 Å². The van der Waals surface area contributed by atoms with Crippen molar-refractivity contribution in [3.63, 3.8) is 0 Å². The Morgan fingerprint density at radius 1 is 1.20 bits per heavy atom. The van der Waals surface area contributed by atoms with Crippen LogP contribution < -0.4 is 0 Å². The third-order valence-electron chi connectivity index (χ3n) is 0. The monoisotopic (exact) mass is 109 g/mol.